The van der Waals surface area contributed by atoms with Crippen molar-refractivity contribution < 1.29 is 24.4 Å². The van der Waals surface area contributed by atoms with Gasteiger partial charge in [0.25, 0.3) is 0 Å². The number of nitro groups is 1. The molecule has 0 spiro atoms. The summed E-state index contributed by atoms with van der Waals surface area (Å²) < 4.78 is 4.57. The molecular formula is C8H13NO6. The van der Waals surface area contributed by atoms with Crippen molar-refractivity contribution in [1.82, 2.24) is 0 Å². The van der Waals surface area contributed by atoms with Crippen LogP contribution in [-0.2, 0) is 14.3 Å². The zero-order valence-corrected chi connectivity index (χ0v) is 8.56. The second kappa shape index (κ2) is 5.28. The van der Waals surface area contributed by atoms with Gasteiger partial charge in [0.1, 0.15) is 0 Å². The summed E-state index contributed by atoms with van der Waals surface area (Å²) >= 11 is 0. The van der Waals surface area contributed by atoms with E-state index < -0.39 is 22.4 Å². The van der Waals surface area contributed by atoms with Crippen LogP contribution < -0.4 is 0 Å². The molecule has 0 atom stereocenters. The second-order valence-corrected chi connectivity index (χ2v) is 3.62. The monoisotopic (exact) mass is 219 g/mol. The van der Waals surface area contributed by atoms with Crippen LogP contribution in [0.2, 0.25) is 0 Å². The third kappa shape index (κ3) is 5.61. The molecule has 0 fully saturated rings. The van der Waals surface area contributed by atoms with Gasteiger partial charge in [-0.2, -0.15) is 0 Å². The van der Waals surface area contributed by atoms with Gasteiger partial charge in [0.05, 0.1) is 12.8 Å². The molecule has 0 rings (SSSR count). The molecule has 0 saturated carbocycles. The third-order valence-electron chi connectivity index (χ3n) is 1.62. The molecular weight excluding hydrogens is 206 g/mol. The van der Waals surface area contributed by atoms with E-state index in [9.17, 15) is 19.7 Å². The molecule has 15 heavy (non-hydrogen) atoms. The Kier molecular flexibility index (Phi) is 4.69. The van der Waals surface area contributed by atoms with Crippen molar-refractivity contribution in [1.29, 1.82) is 0 Å². The van der Waals surface area contributed by atoms with Crippen molar-refractivity contribution in [3.05, 3.63) is 10.1 Å². The first-order valence-corrected chi connectivity index (χ1v) is 4.27. The summed E-state index contributed by atoms with van der Waals surface area (Å²) in [5.74, 6) is -1.85. The Hall–Kier alpha value is -1.66. The molecule has 1 N–H and O–H groups in total. The maximum Gasteiger partial charge on any atom is 0.306 e. The molecule has 7 heteroatoms. The number of esters is 1. The molecule has 0 radical (unpaired) electrons. The Morgan fingerprint density at radius 1 is 1.40 bits per heavy atom. The Morgan fingerprint density at radius 3 is 2.33 bits per heavy atom. The van der Waals surface area contributed by atoms with E-state index in [1.807, 2.05) is 0 Å². The largest absolute Gasteiger partial charge is 0.481 e. The molecule has 0 saturated heterocycles. The fourth-order valence-electron chi connectivity index (χ4n) is 0.591. The van der Waals surface area contributed by atoms with Crippen LogP contribution in [0, 0.1) is 10.1 Å². The number of hydrogen-bond acceptors (Lipinski definition) is 5. The van der Waals surface area contributed by atoms with Crippen LogP contribution >= 0.6 is 0 Å². The predicted octanol–water partition coefficient (Wildman–Crippen LogP) is 0.450. The number of carboxylic acid groups (broad SMARTS) is 1. The smallest absolute Gasteiger partial charge is 0.306 e. The SMILES string of the molecule is CC(C)(COC(=O)CCC(=O)O)[N+](=O)[O-]. The van der Waals surface area contributed by atoms with E-state index in [0.29, 0.717) is 0 Å². The first kappa shape index (κ1) is 13.3. The summed E-state index contributed by atoms with van der Waals surface area (Å²) in [7, 11) is 0. The lowest BCUT2D eigenvalue weighted by Gasteiger charge is -2.14. The lowest BCUT2D eigenvalue weighted by molar-refractivity contribution is -0.563. The van der Waals surface area contributed by atoms with Gasteiger partial charge >= 0.3 is 11.9 Å². The van der Waals surface area contributed by atoms with Gasteiger partial charge in [0.2, 0.25) is 5.54 Å². The minimum absolute atomic E-state index is 0.275. The summed E-state index contributed by atoms with van der Waals surface area (Å²) in [6.45, 7) is 2.27. The zero-order valence-electron chi connectivity index (χ0n) is 8.56. The Balaban J connectivity index is 3.90. The fraction of sp³-hybridized carbons (Fsp3) is 0.750. The molecule has 0 aromatic heterocycles. The predicted molar refractivity (Wildman–Crippen MR) is 48.9 cm³/mol. The van der Waals surface area contributed by atoms with E-state index in [-0.39, 0.29) is 19.4 Å². The molecule has 7 nitrogen and oxygen atoms in total. The minimum atomic E-state index is -1.35. The quantitative estimate of drug-likeness (QED) is 0.395. The first-order valence-electron chi connectivity index (χ1n) is 4.27. The first-order chi connectivity index (χ1) is 6.75. The Bertz CT molecular complexity index is 272. The summed E-state index contributed by atoms with van der Waals surface area (Å²) in [6, 6.07) is 0. The second-order valence-electron chi connectivity index (χ2n) is 3.62. The van der Waals surface area contributed by atoms with Crippen molar-refractivity contribution >= 4 is 11.9 Å². The third-order valence-corrected chi connectivity index (χ3v) is 1.62. The van der Waals surface area contributed by atoms with Crippen LogP contribution in [0.25, 0.3) is 0 Å². The summed E-state index contributed by atoms with van der Waals surface area (Å²) in [6.07, 6.45) is -0.610. The highest BCUT2D eigenvalue weighted by atomic mass is 16.6. The van der Waals surface area contributed by atoms with Gasteiger partial charge in [-0.25, -0.2) is 0 Å². The van der Waals surface area contributed by atoms with E-state index in [4.69, 9.17) is 5.11 Å². The number of ether oxygens (including phenoxy) is 1. The van der Waals surface area contributed by atoms with Gasteiger partial charge in [0.15, 0.2) is 6.61 Å². The van der Waals surface area contributed by atoms with Crippen LogP contribution in [0.4, 0.5) is 0 Å². The van der Waals surface area contributed by atoms with Crippen molar-refractivity contribution in [3.8, 4) is 0 Å². The standard InChI is InChI=1S/C8H13NO6/c1-8(2,9(13)14)5-15-7(12)4-3-6(10)11/h3-5H2,1-2H3,(H,10,11). The van der Waals surface area contributed by atoms with Gasteiger partial charge < -0.3 is 9.84 Å². The van der Waals surface area contributed by atoms with Crippen molar-refractivity contribution in [2.75, 3.05) is 6.61 Å². The van der Waals surface area contributed by atoms with E-state index in [0.717, 1.165) is 0 Å². The zero-order chi connectivity index (χ0) is 12.1. The van der Waals surface area contributed by atoms with Crippen molar-refractivity contribution in [2.24, 2.45) is 0 Å². The van der Waals surface area contributed by atoms with E-state index >= 15 is 0 Å². The Morgan fingerprint density at radius 2 is 1.93 bits per heavy atom. The van der Waals surface area contributed by atoms with Crippen LogP contribution in [0.1, 0.15) is 26.7 Å². The highest BCUT2D eigenvalue weighted by Crippen LogP contribution is 2.08. The van der Waals surface area contributed by atoms with Gasteiger partial charge in [-0.15, -0.1) is 0 Å². The molecule has 0 unspecified atom stereocenters. The number of carbonyl (C=O) groups excluding carboxylic acids is 1. The average Bonchev–Trinajstić information content (AvgIpc) is 2.11. The normalized spacial score (nSPS) is 10.8. The molecule has 0 aliphatic heterocycles. The summed E-state index contributed by atoms with van der Waals surface area (Å²) in [5, 5.41) is 18.7. The van der Waals surface area contributed by atoms with E-state index in [2.05, 4.69) is 4.74 Å². The van der Waals surface area contributed by atoms with Gasteiger partial charge in [-0.05, 0) is 0 Å². The molecule has 0 aliphatic carbocycles. The van der Waals surface area contributed by atoms with Gasteiger partial charge in [-0.3, -0.25) is 19.7 Å². The van der Waals surface area contributed by atoms with Gasteiger partial charge in [0, 0.05) is 18.8 Å². The topological polar surface area (TPSA) is 107 Å². The molecule has 0 bridgehead atoms. The molecule has 0 aromatic carbocycles. The van der Waals surface area contributed by atoms with E-state index in [1.165, 1.54) is 13.8 Å². The molecule has 0 amide bonds. The number of nitrogens with zero attached hydrogens (tertiary/aromatic N) is 1. The van der Waals surface area contributed by atoms with Gasteiger partial charge in [-0.1, -0.05) is 0 Å². The lowest BCUT2D eigenvalue weighted by Crippen LogP contribution is -2.37. The van der Waals surface area contributed by atoms with Crippen molar-refractivity contribution in [3.63, 3.8) is 0 Å². The number of rotatable bonds is 6. The number of aliphatic carboxylic acids is 1. The highest BCUT2D eigenvalue weighted by molar-refractivity contribution is 5.76. The van der Waals surface area contributed by atoms with Crippen LogP contribution in [0.5, 0.6) is 0 Å². The summed E-state index contributed by atoms with van der Waals surface area (Å²) in [5.41, 5.74) is -1.35. The molecule has 0 aliphatic rings. The number of hydrogen-bond donors (Lipinski definition) is 1. The number of carbonyl (C=O) groups is 2. The summed E-state index contributed by atoms with van der Waals surface area (Å²) in [4.78, 5) is 30.9. The lowest BCUT2D eigenvalue weighted by atomic mass is 10.1. The molecule has 0 heterocycles. The fourth-order valence-corrected chi connectivity index (χ4v) is 0.591. The van der Waals surface area contributed by atoms with E-state index in [1.54, 1.807) is 0 Å². The van der Waals surface area contributed by atoms with Crippen molar-refractivity contribution in [2.45, 2.75) is 32.2 Å². The van der Waals surface area contributed by atoms with Crippen LogP contribution in [-0.4, -0.2) is 34.1 Å². The number of carboxylic acids is 1. The highest BCUT2D eigenvalue weighted by Gasteiger charge is 2.32. The van der Waals surface area contributed by atoms with Crippen LogP contribution in [0.15, 0.2) is 0 Å². The molecule has 86 valence electrons. The Labute approximate surface area is 86.2 Å². The maximum absolute atomic E-state index is 10.9. The minimum Gasteiger partial charge on any atom is -0.481 e. The average molecular weight is 219 g/mol. The molecule has 0 aromatic rings. The van der Waals surface area contributed by atoms with Crippen LogP contribution in [0.3, 0.4) is 0 Å². The maximum atomic E-state index is 10.9.